The van der Waals surface area contributed by atoms with Crippen LogP contribution in [0, 0.1) is 11.8 Å². The predicted molar refractivity (Wildman–Crippen MR) is 110 cm³/mol. The summed E-state index contributed by atoms with van der Waals surface area (Å²) in [5, 5.41) is 3.77. The first-order chi connectivity index (χ1) is 14.6. The zero-order valence-electron chi connectivity index (χ0n) is 18.1. The first kappa shape index (κ1) is 21.5. The van der Waals surface area contributed by atoms with Crippen molar-refractivity contribution in [2.24, 2.45) is 11.8 Å². The molecule has 172 valence electrons. The Kier molecular flexibility index (Phi) is 6.64. The molecule has 7 heteroatoms. The molecule has 30 heavy (non-hydrogen) atoms. The van der Waals surface area contributed by atoms with Crippen LogP contribution in [0.25, 0.3) is 0 Å². The number of hydrogen-bond donors (Lipinski definition) is 1. The molecule has 4 unspecified atom stereocenters. The number of morpholine rings is 1. The van der Waals surface area contributed by atoms with Gasteiger partial charge in [-0.3, -0.25) is 4.90 Å². The van der Waals surface area contributed by atoms with Gasteiger partial charge >= 0.3 is 0 Å². The van der Waals surface area contributed by atoms with Crippen LogP contribution in [0.3, 0.4) is 0 Å². The summed E-state index contributed by atoms with van der Waals surface area (Å²) >= 11 is 0. The van der Waals surface area contributed by atoms with Crippen LogP contribution in [-0.2, 0) is 14.2 Å². The smallest absolute Gasteiger partial charge is 0.129 e. The van der Waals surface area contributed by atoms with Crippen molar-refractivity contribution in [2.75, 3.05) is 46.1 Å². The number of fused-ring (bicyclic) bond motifs is 5. The number of rotatable bonds is 0. The lowest BCUT2D eigenvalue weighted by Gasteiger charge is -2.52. The van der Waals surface area contributed by atoms with Gasteiger partial charge in [-0.15, -0.1) is 0 Å². The molecule has 4 saturated heterocycles. The predicted octanol–water partition coefficient (Wildman–Crippen LogP) is 2.87. The SMILES string of the molecule is FC1CC(F)C2OCCN3CCC[C@]4(COCCN4)[C@H]3COC3CCC(CC3)C2C1. The third-order valence-corrected chi connectivity index (χ3v) is 8.52. The first-order valence-electron chi connectivity index (χ1n) is 12.2. The van der Waals surface area contributed by atoms with Crippen LogP contribution >= 0.6 is 0 Å². The largest absolute Gasteiger partial charge is 0.378 e. The number of nitrogens with one attached hydrogen (secondary N) is 1. The molecule has 1 N–H and O–H groups in total. The van der Waals surface area contributed by atoms with Crippen molar-refractivity contribution in [3.63, 3.8) is 0 Å². The van der Waals surface area contributed by atoms with E-state index in [2.05, 4.69) is 10.2 Å². The topological polar surface area (TPSA) is 43.0 Å². The van der Waals surface area contributed by atoms with Crippen molar-refractivity contribution in [2.45, 2.75) is 87.5 Å². The maximum absolute atomic E-state index is 14.9. The summed E-state index contributed by atoms with van der Waals surface area (Å²) in [6.45, 7) is 5.34. The van der Waals surface area contributed by atoms with Gasteiger partial charge in [0.25, 0.3) is 0 Å². The lowest BCUT2D eigenvalue weighted by molar-refractivity contribution is -0.106. The standard InChI is InChI=1S/C23H38F2N2O3/c24-17-12-19-16-2-4-18(5-3-16)30-14-21-23(15-28-10-7-26-23)6-1-8-27(21)9-11-29-22(19)20(25)13-17/h16-22,26H,1-15H2/t16?,17?,18?,19?,20?,21-,22?,23+/m1/s1. The molecule has 6 rings (SSSR count). The second kappa shape index (κ2) is 9.26. The Balaban J connectivity index is 1.36. The van der Waals surface area contributed by atoms with Crippen molar-refractivity contribution in [3.05, 3.63) is 0 Å². The highest BCUT2D eigenvalue weighted by Gasteiger charge is 2.48. The zero-order chi connectivity index (χ0) is 20.6. The average molecular weight is 429 g/mol. The van der Waals surface area contributed by atoms with Crippen LogP contribution in [0.1, 0.15) is 51.4 Å². The van der Waals surface area contributed by atoms with E-state index in [-0.39, 0.29) is 30.0 Å². The van der Waals surface area contributed by atoms with E-state index in [1.807, 2.05) is 0 Å². The van der Waals surface area contributed by atoms with E-state index in [1.54, 1.807) is 0 Å². The molecule has 2 aliphatic carbocycles. The van der Waals surface area contributed by atoms with E-state index in [4.69, 9.17) is 14.2 Å². The van der Waals surface area contributed by atoms with E-state index < -0.39 is 18.4 Å². The first-order valence-corrected chi connectivity index (χ1v) is 12.2. The number of hydrogen-bond acceptors (Lipinski definition) is 5. The molecule has 5 nitrogen and oxygen atoms in total. The molecule has 0 aromatic rings. The van der Waals surface area contributed by atoms with Gasteiger partial charge in [0.05, 0.1) is 50.2 Å². The van der Waals surface area contributed by atoms with Gasteiger partial charge in [-0.05, 0) is 63.3 Å². The minimum Gasteiger partial charge on any atom is -0.378 e. The van der Waals surface area contributed by atoms with Gasteiger partial charge in [0.15, 0.2) is 0 Å². The Morgan fingerprint density at radius 2 is 1.83 bits per heavy atom. The third-order valence-electron chi connectivity index (χ3n) is 8.52. The fraction of sp³-hybridized carbons (Fsp3) is 1.00. The van der Waals surface area contributed by atoms with E-state index in [0.29, 0.717) is 25.6 Å². The maximum atomic E-state index is 14.9. The molecule has 0 radical (unpaired) electrons. The Labute approximate surface area is 179 Å². The normalized spacial score (nSPS) is 48.8. The quantitative estimate of drug-likeness (QED) is 0.643. The Morgan fingerprint density at radius 3 is 2.63 bits per heavy atom. The summed E-state index contributed by atoms with van der Waals surface area (Å²) < 4.78 is 47.7. The summed E-state index contributed by atoms with van der Waals surface area (Å²) in [5.74, 6) is 0.358. The third kappa shape index (κ3) is 4.29. The van der Waals surface area contributed by atoms with Gasteiger partial charge in [-0.1, -0.05) is 0 Å². The van der Waals surface area contributed by atoms with Crippen LogP contribution in [0.15, 0.2) is 0 Å². The van der Waals surface area contributed by atoms with Crippen LogP contribution in [0.5, 0.6) is 0 Å². The summed E-state index contributed by atoms with van der Waals surface area (Å²) in [7, 11) is 0. The minimum absolute atomic E-state index is 0.00218. The fourth-order valence-electron chi connectivity index (χ4n) is 6.93. The summed E-state index contributed by atoms with van der Waals surface area (Å²) in [6.07, 6.45) is 4.23. The van der Waals surface area contributed by atoms with Crippen LogP contribution < -0.4 is 5.32 Å². The lowest BCUT2D eigenvalue weighted by atomic mass is 9.70. The average Bonchev–Trinajstić information content (AvgIpc) is 2.77. The van der Waals surface area contributed by atoms with Gasteiger partial charge in [0.2, 0.25) is 0 Å². The molecular formula is C23H38F2N2O3. The van der Waals surface area contributed by atoms with Crippen LogP contribution in [0.2, 0.25) is 0 Å². The van der Waals surface area contributed by atoms with Crippen molar-refractivity contribution in [3.8, 4) is 0 Å². The van der Waals surface area contributed by atoms with E-state index in [1.165, 1.54) is 0 Å². The Bertz CT molecular complexity index is 563. The highest BCUT2D eigenvalue weighted by Crippen LogP contribution is 2.42. The Morgan fingerprint density at radius 1 is 0.967 bits per heavy atom. The van der Waals surface area contributed by atoms with Gasteiger partial charge < -0.3 is 19.5 Å². The summed E-state index contributed by atoms with van der Waals surface area (Å²) in [6, 6.07) is 0.243. The van der Waals surface area contributed by atoms with Crippen LogP contribution in [0.4, 0.5) is 8.78 Å². The molecule has 0 aromatic carbocycles. The zero-order valence-corrected chi connectivity index (χ0v) is 18.1. The molecule has 4 aliphatic heterocycles. The molecule has 1 spiro atoms. The molecule has 6 atom stereocenters. The molecular weight excluding hydrogens is 390 g/mol. The van der Waals surface area contributed by atoms with Crippen molar-refractivity contribution in [1.82, 2.24) is 10.2 Å². The van der Waals surface area contributed by atoms with E-state index >= 15 is 0 Å². The number of piperidine rings is 1. The fourth-order valence-corrected chi connectivity index (χ4v) is 6.93. The van der Waals surface area contributed by atoms with Gasteiger partial charge in [-0.2, -0.15) is 0 Å². The summed E-state index contributed by atoms with van der Waals surface area (Å²) in [4.78, 5) is 2.47. The van der Waals surface area contributed by atoms with Gasteiger partial charge in [0.1, 0.15) is 12.3 Å². The molecule has 2 saturated carbocycles. The van der Waals surface area contributed by atoms with E-state index in [0.717, 1.165) is 71.4 Å². The number of alkyl halides is 2. The lowest BCUT2D eigenvalue weighted by Crippen LogP contribution is -2.70. The highest BCUT2D eigenvalue weighted by molar-refractivity contribution is 5.05. The minimum atomic E-state index is -1.19. The maximum Gasteiger partial charge on any atom is 0.129 e. The molecule has 6 fully saturated rings. The Hall–Kier alpha value is -0.340. The second-order valence-corrected chi connectivity index (χ2v) is 10.2. The molecule has 0 aromatic heterocycles. The van der Waals surface area contributed by atoms with Crippen molar-refractivity contribution in [1.29, 1.82) is 0 Å². The number of ether oxygens (including phenoxy) is 3. The van der Waals surface area contributed by atoms with Crippen molar-refractivity contribution < 1.29 is 23.0 Å². The van der Waals surface area contributed by atoms with Crippen LogP contribution in [-0.4, -0.2) is 87.1 Å². The van der Waals surface area contributed by atoms with E-state index in [9.17, 15) is 8.78 Å². The van der Waals surface area contributed by atoms with Gasteiger partial charge in [-0.25, -0.2) is 8.78 Å². The monoisotopic (exact) mass is 428 g/mol. The molecule has 4 heterocycles. The van der Waals surface area contributed by atoms with Crippen molar-refractivity contribution >= 4 is 0 Å². The summed E-state index contributed by atoms with van der Waals surface area (Å²) in [5.41, 5.74) is -0.0642. The highest BCUT2D eigenvalue weighted by atomic mass is 19.1. The molecule has 2 bridgehead atoms. The number of halogens is 2. The molecule has 6 aliphatic rings. The number of nitrogens with zero attached hydrogens (tertiary/aromatic N) is 1. The van der Waals surface area contributed by atoms with Gasteiger partial charge in [0, 0.05) is 19.5 Å². The second-order valence-electron chi connectivity index (χ2n) is 10.2. The molecule has 0 amide bonds.